The lowest BCUT2D eigenvalue weighted by Crippen LogP contribution is -2.72. The van der Waals surface area contributed by atoms with Crippen LogP contribution in [-0.2, 0) is 35.2 Å². The van der Waals surface area contributed by atoms with Crippen LogP contribution in [0.1, 0.15) is 12.5 Å². The smallest absolute Gasteiger partial charge is 0.365 e. The predicted octanol–water partition coefficient (Wildman–Crippen LogP) is -0.939. The number of rotatable bonds is 8. The molecule has 3 atom stereocenters. The van der Waals surface area contributed by atoms with Gasteiger partial charge in [-0.05, 0) is 12.5 Å². The van der Waals surface area contributed by atoms with Crippen LogP contribution in [0, 0.1) is 5.92 Å². The van der Waals surface area contributed by atoms with Crippen molar-refractivity contribution in [3.63, 3.8) is 0 Å². The van der Waals surface area contributed by atoms with Crippen molar-refractivity contribution in [2.75, 3.05) is 14.2 Å². The maximum Gasteiger partial charge on any atom is 0.365 e. The molecule has 0 bridgehead atoms. The molecule has 4 N–H and O–H groups in total. The average molecular weight is 367 g/mol. The lowest BCUT2D eigenvalue weighted by molar-refractivity contribution is -0.415. The van der Waals surface area contributed by atoms with Gasteiger partial charge in [0.15, 0.2) is 5.92 Å². The number of carbonyl (C=O) groups excluding carboxylic acids is 3. The van der Waals surface area contributed by atoms with Crippen molar-refractivity contribution in [1.82, 2.24) is 4.90 Å². The second kappa shape index (κ2) is 9.52. The maximum absolute atomic E-state index is 13.0. The van der Waals surface area contributed by atoms with Crippen LogP contribution in [-0.4, -0.2) is 60.1 Å². The van der Waals surface area contributed by atoms with Crippen molar-refractivity contribution >= 4 is 23.8 Å². The highest BCUT2D eigenvalue weighted by Crippen LogP contribution is 2.16. The summed E-state index contributed by atoms with van der Waals surface area (Å²) in [6, 6.07) is 6.06. The summed E-state index contributed by atoms with van der Waals surface area (Å²) in [5.74, 6) is -5.61. The number of methoxy groups -OCH3 is 2. The molecule has 1 aromatic rings. The monoisotopic (exact) mass is 367 g/mol. The largest absolute Gasteiger partial charge is 0.480 e. The van der Waals surface area contributed by atoms with E-state index in [4.69, 9.17) is 0 Å². The Hall–Kier alpha value is -2.94. The molecule has 1 amide bonds. The quantitative estimate of drug-likeness (QED) is 0.447. The Morgan fingerprint density at radius 2 is 1.62 bits per heavy atom. The van der Waals surface area contributed by atoms with E-state index in [1.807, 2.05) is 0 Å². The van der Waals surface area contributed by atoms with Crippen LogP contribution in [0.5, 0.6) is 0 Å². The zero-order valence-electron chi connectivity index (χ0n) is 14.9. The zero-order valence-corrected chi connectivity index (χ0v) is 14.9. The summed E-state index contributed by atoms with van der Waals surface area (Å²) in [6.45, 7) is 1.25. The number of hydrogen-bond donors (Lipinski definition) is 2. The van der Waals surface area contributed by atoms with Crippen molar-refractivity contribution in [3.8, 4) is 0 Å². The number of hydrogen-bond acceptors (Lipinski definition) is 6. The Labute approximate surface area is 150 Å². The van der Waals surface area contributed by atoms with Gasteiger partial charge in [-0.25, -0.2) is 9.59 Å². The number of amides is 1. The normalized spacial score (nSPS) is 13.8. The molecule has 9 nitrogen and oxygen atoms in total. The first kappa shape index (κ1) is 21.1. The number of ether oxygens (including phenoxy) is 2. The van der Waals surface area contributed by atoms with Gasteiger partial charge < -0.3 is 25.2 Å². The van der Waals surface area contributed by atoms with Gasteiger partial charge >= 0.3 is 17.9 Å². The lowest BCUT2D eigenvalue weighted by atomic mass is 9.97. The third-order valence-electron chi connectivity index (χ3n) is 3.93. The van der Waals surface area contributed by atoms with E-state index in [0.29, 0.717) is 5.56 Å². The van der Waals surface area contributed by atoms with Crippen molar-refractivity contribution in [2.45, 2.75) is 25.6 Å². The highest BCUT2D eigenvalue weighted by molar-refractivity contribution is 6.03. The van der Waals surface area contributed by atoms with Crippen LogP contribution < -0.4 is 5.73 Å². The molecule has 0 spiro atoms. The summed E-state index contributed by atoms with van der Waals surface area (Å²) >= 11 is 0. The average Bonchev–Trinajstić information content (AvgIpc) is 2.65. The predicted molar refractivity (Wildman–Crippen MR) is 88.3 cm³/mol. The van der Waals surface area contributed by atoms with Crippen LogP contribution in [0.4, 0.5) is 0 Å². The van der Waals surface area contributed by atoms with Gasteiger partial charge in [0.2, 0.25) is 11.9 Å². The SMILES string of the molecule is COC(=O)C([NH3+])C(C(=O)OC)C(=O)N(Cc1ccccc1)C(C)C(=O)O. The van der Waals surface area contributed by atoms with Crippen molar-refractivity contribution in [1.29, 1.82) is 0 Å². The standard InChI is InChI=1S/C17H22N2O7/c1-10(15(21)22)19(9-11-7-5-4-6-8-11)14(20)12(16(23)25-2)13(18)17(24)26-3/h4-8,10,12-13H,9,18H2,1-3H3,(H,21,22)/p+1. The van der Waals surface area contributed by atoms with Crippen molar-refractivity contribution in [2.24, 2.45) is 5.92 Å². The number of carboxylic acid groups (broad SMARTS) is 1. The van der Waals surface area contributed by atoms with Gasteiger partial charge in [0, 0.05) is 6.54 Å². The highest BCUT2D eigenvalue weighted by Gasteiger charge is 2.45. The van der Waals surface area contributed by atoms with E-state index < -0.39 is 41.8 Å². The molecule has 0 radical (unpaired) electrons. The third kappa shape index (κ3) is 5.03. The summed E-state index contributed by atoms with van der Waals surface area (Å²) in [5, 5.41) is 9.33. The number of carboxylic acids is 1. The maximum atomic E-state index is 13.0. The summed E-state index contributed by atoms with van der Waals surface area (Å²) < 4.78 is 9.16. The summed E-state index contributed by atoms with van der Waals surface area (Å²) in [7, 11) is 2.16. The molecule has 26 heavy (non-hydrogen) atoms. The fraction of sp³-hybridized carbons (Fsp3) is 0.412. The van der Waals surface area contributed by atoms with Crippen LogP contribution in [0.3, 0.4) is 0 Å². The number of esters is 2. The molecule has 3 unspecified atom stereocenters. The van der Waals surface area contributed by atoms with Crippen LogP contribution in [0.25, 0.3) is 0 Å². The van der Waals surface area contributed by atoms with Gasteiger partial charge in [-0.1, -0.05) is 30.3 Å². The van der Waals surface area contributed by atoms with Crippen molar-refractivity contribution < 1.29 is 39.5 Å². The van der Waals surface area contributed by atoms with Crippen LogP contribution >= 0.6 is 0 Å². The molecular formula is C17H23N2O7+. The molecule has 1 rings (SSSR count). The topological polar surface area (TPSA) is 138 Å². The molecule has 0 aliphatic heterocycles. The Morgan fingerprint density at radius 3 is 2.08 bits per heavy atom. The molecule has 0 fully saturated rings. The number of aliphatic carboxylic acids is 1. The van der Waals surface area contributed by atoms with E-state index in [1.165, 1.54) is 6.92 Å². The van der Waals surface area contributed by atoms with E-state index in [-0.39, 0.29) is 6.54 Å². The van der Waals surface area contributed by atoms with Crippen LogP contribution in [0.15, 0.2) is 30.3 Å². The Balaban J connectivity index is 3.26. The fourth-order valence-electron chi connectivity index (χ4n) is 2.35. The number of benzene rings is 1. The Bertz CT molecular complexity index is 662. The van der Waals surface area contributed by atoms with Crippen molar-refractivity contribution in [3.05, 3.63) is 35.9 Å². The first-order valence-corrected chi connectivity index (χ1v) is 7.80. The lowest BCUT2D eigenvalue weighted by Gasteiger charge is -2.30. The minimum Gasteiger partial charge on any atom is -0.480 e. The zero-order chi connectivity index (χ0) is 19.9. The first-order valence-electron chi connectivity index (χ1n) is 7.80. The molecule has 0 aliphatic carbocycles. The van der Waals surface area contributed by atoms with E-state index >= 15 is 0 Å². The molecule has 0 saturated heterocycles. The number of quaternary nitrogens is 1. The second-order valence-electron chi connectivity index (χ2n) is 5.60. The Morgan fingerprint density at radius 1 is 1.08 bits per heavy atom. The molecule has 0 aromatic heterocycles. The van der Waals surface area contributed by atoms with Crippen LogP contribution in [0.2, 0.25) is 0 Å². The molecule has 0 heterocycles. The van der Waals surface area contributed by atoms with Gasteiger partial charge in [0.1, 0.15) is 6.04 Å². The molecule has 142 valence electrons. The fourth-order valence-corrected chi connectivity index (χ4v) is 2.35. The number of nitrogens with zero attached hydrogens (tertiary/aromatic N) is 1. The van der Waals surface area contributed by atoms with Gasteiger partial charge in [0.05, 0.1) is 14.2 Å². The third-order valence-corrected chi connectivity index (χ3v) is 3.93. The van der Waals surface area contributed by atoms with Gasteiger partial charge in [0.25, 0.3) is 0 Å². The minimum absolute atomic E-state index is 0.0610. The minimum atomic E-state index is -1.61. The van der Waals surface area contributed by atoms with E-state index in [0.717, 1.165) is 19.1 Å². The number of carbonyl (C=O) groups is 4. The van der Waals surface area contributed by atoms with Gasteiger partial charge in [-0.3, -0.25) is 9.59 Å². The van der Waals surface area contributed by atoms with E-state index in [2.05, 4.69) is 15.2 Å². The van der Waals surface area contributed by atoms with E-state index in [9.17, 15) is 24.3 Å². The highest BCUT2D eigenvalue weighted by atomic mass is 16.5. The summed E-state index contributed by atoms with van der Waals surface area (Å²) in [4.78, 5) is 49.3. The molecular weight excluding hydrogens is 344 g/mol. The molecule has 0 aliphatic rings. The first-order chi connectivity index (χ1) is 12.2. The molecule has 0 saturated carbocycles. The summed E-state index contributed by atoms with van der Waals surface area (Å²) in [6.07, 6.45) is 0. The Kier molecular flexibility index (Phi) is 7.73. The molecule has 9 heteroatoms. The summed E-state index contributed by atoms with van der Waals surface area (Å²) in [5.41, 5.74) is 4.19. The molecule has 1 aromatic carbocycles. The van der Waals surface area contributed by atoms with Gasteiger partial charge in [-0.15, -0.1) is 0 Å². The van der Waals surface area contributed by atoms with Gasteiger partial charge in [-0.2, -0.15) is 0 Å². The second-order valence-corrected chi connectivity index (χ2v) is 5.60. The van der Waals surface area contributed by atoms with E-state index in [1.54, 1.807) is 30.3 Å².